The molecule has 3 aromatic rings. The van der Waals surface area contributed by atoms with Gasteiger partial charge in [-0.1, -0.05) is 5.16 Å². The first kappa shape index (κ1) is 11.9. The topological polar surface area (TPSA) is 114 Å². The van der Waals surface area contributed by atoms with Crippen LogP contribution < -0.4 is 4.74 Å². The number of nitrogens with one attached hydrogen (secondary N) is 1. The molecule has 0 unspecified atom stereocenters. The minimum atomic E-state index is 0.277. The van der Waals surface area contributed by atoms with E-state index in [1.165, 1.54) is 7.11 Å². The van der Waals surface area contributed by atoms with Crippen LogP contribution in [0.4, 0.5) is 0 Å². The highest BCUT2D eigenvalue weighted by Gasteiger charge is 2.13. The maximum absolute atomic E-state index is 8.75. The molecule has 20 heavy (non-hydrogen) atoms. The third-order valence-corrected chi connectivity index (χ3v) is 2.54. The van der Waals surface area contributed by atoms with E-state index < -0.39 is 0 Å². The maximum atomic E-state index is 8.75. The molecule has 0 fully saturated rings. The van der Waals surface area contributed by atoms with E-state index in [4.69, 9.17) is 14.5 Å². The van der Waals surface area contributed by atoms with Crippen molar-refractivity contribution in [1.82, 2.24) is 25.3 Å². The number of hydrogen-bond donors (Lipinski definition) is 1. The number of rotatable bonds is 3. The lowest BCUT2D eigenvalue weighted by Crippen LogP contribution is -1.93. The second-order valence-corrected chi connectivity index (χ2v) is 3.78. The average molecular weight is 268 g/mol. The van der Waals surface area contributed by atoms with E-state index in [1.807, 2.05) is 6.07 Å². The van der Waals surface area contributed by atoms with Crippen LogP contribution in [0.5, 0.6) is 5.88 Å². The zero-order valence-electron chi connectivity index (χ0n) is 10.4. The van der Waals surface area contributed by atoms with Crippen molar-refractivity contribution in [3.63, 3.8) is 0 Å². The number of aromatic amines is 1. The second-order valence-electron chi connectivity index (χ2n) is 3.78. The van der Waals surface area contributed by atoms with Gasteiger partial charge in [0.2, 0.25) is 11.7 Å². The Kier molecular flexibility index (Phi) is 2.85. The van der Waals surface area contributed by atoms with Crippen LogP contribution in [0.15, 0.2) is 28.8 Å². The van der Waals surface area contributed by atoms with Crippen molar-refractivity contribution in [2.45, 2.75) is 0 Å². The molecule has 0 saturated carbocycles. The van der Waals surface area contributed by atoms with E-state index in [1.54, 1.807) is 24.3 Å². The van der Waals surface area contributed by atoms with Gasteiger partial charge in [0.25, 0.3) is 5.89 Å². The van der Waals surface area contributed by atoms with Crippen molar-refractivity contribution in [3.05, 3.63) is 30.0 Å². The fourth-order valence-electron chi connectivity index (χ4n) is 1.57. The molecular weight excluding hydrogens is 260 g/mol. The molecule has 8 nitrogen and oxygen atoms in total. The second kappa shape index (κ2) is 4.81. The fourth-order valence-corrected chi connectivity index (χ4v) is 1.57. The molecule has 3 rings (SSSR count). The van der Waals surface area contributed by atoms with Gasteiger partial charge in [0, 0.05) is 6.07 Å². The van der Waals surface area contributed by atoms with Gasteiger partial charge in [-0.15, -0.1) is 10.2 Å². The number of aromatic nitrogens is 5. The first-order chi connectivity index (χ1) is 9.80. The van der Waals surface area contributed by atoms with Gasteiger partial charge in [-0.2, -0.15) is 10.2 Å². The predicted molar refractivity (Wildman–Crippen MR) is 66.4 cm³/mol. The number of H-pyrrole nitrogens is 1. The largest absolute Gasteiger partial charge is 0.480 e. The van der Waals surface area contributed by atoms with Gasteiger partial charge < -0.3 is 14.2 Å². The van der Waals surface area contributed by atoms with Crippen LogP contribution >= 0.6 is 0 Å². The molecule has 0 bridgehead atoms. The molecule has 0 amide bonds. The van der Waals surface area contributed by atoms with Crippen LogP contribution in [0.25, 0.3) is 23.1 Å². The third-order valence-electron chi connectivity index (χ3n) is 2.54. The van der Waals surface area contributed by atoms with Crippen molar-refractivity contribution < 1.29 is 9.26 Å². The van der Waals surface area contributed by atoms with Crippen molar-refractivity contribution in [2.24, 2.45) is 0 Å². The van der Waals surface area contributed by atoms with Crippen LogP contribution in [0.1, 0.15) is 5.69 Å². The number of nitrogens with zero attached hydrogens (tertiary/aromatic N) is 5. The average Bonchev–Trinajstić information content (AvgIpc) is 3.16. The molecule has 0 saturated heterocycles. The van der Waals surface area contributed by atoms with Crippen LogP contribution in [0, 0.1) is 11.3 Å². The molecule has 0 aliphatic carbocycles. The Morgan fingerprint density at radius 2 is 2.15 bits per heavy atom. The Labute approximate surface area is 113 Å². The molecule has 8 heteroatoms. The molecular formula is C12H8N6O2. The van der Waals surface area contributed by atoms with Crippen LogP contribution in [0.2, 0.25) is 0 Å². The molecule has 0 aliphatic rings. The SMILES string of the molecule is COc1ccc(-c2noc(-c3ccc(C#N)[nH]3)n2)nn1. The van der Waals surface area contributed by atoms with Gasteiger partial charge in [0.1, 0.15) is 23.2 Å². The van der Waals surface area contributed by atoms with Crippen molar-refractivity contribution >= 4 is 0 Å². The van der Waals surface area contributed by atoms with Gasteiger partial charge in [0.15, 0.2) is 0 Å². The van der Waals surface area contributed by atoms with E-state index in [2.05, 4.69) is 25.3 Å². The Balaban J connectivity index is 1.91. The third kappa shape index (κ3) is 2.08. The Bertz CT molecular complexity index is 768. The summed E-state index contributed by atoms with van der Waals surface area (Å²) in [4.78, 5) is 7.04. The summed E-state index contributed by atoms with van der Waals surface area (Å²) in [5.41, 5.74) is 1.46. The number of hydrogen-bond acceptors (Lipinski definition) is 7. The van der Waals surface area contributed by atoms with E-state index in [0.29, 0.717) is 28.8 Å². The monoisotopic (exact) mass is 268 g/mol. The highest BCUT2D eigenvalue weighted by Crippen LogP contribution is 2.20. The fraction of sp³-hybridized carbons (Fsp3) is 0.0833. The Morgan fingerprint density at radius 1 is 1.25 bits per heavy atom. The molecule has 98 valence electrons. The number of ether oxygens (including phenoxy) is 1. The lowest BCUT2D eigenvalue weighted by molar-refractivity contribution is 0.392. The molecule has 1 N–H and O–H groups in total. The summed E-state index contributed by atoms with van der Waals surface area (Å²) < 4.78 is 10.0. The highest BCUT2D eigenvalue weighted by molar-refractivity contribution is 5.55. The number of methoxy groups -OCH3 is 1. The highest BCUT2D eigenvalue weighted by atomic mass is 16.5. The first-order valence-electron chi connectivity index (χ1n) is 5.61. The summed E-state index contributed by atoms with van der Waals surface area (Å²) in [5, 5.41) is 20.3. The Morgan fingerprint density at radius 3 is 2.80 bits per heavy atom. The smallest absolute Gasteiger partial charge is 0.274 e. The van der Waals surface area contributed by atoms with Crippen LogP contribution in [0.3, 0.4) is 0 Å². The molecule has 0 aromatic carbocycles. The lowest BCUT2D eigenvalue weighted by Gasteiger charge is -1.96. The summed E-state index contributed by atoms with van der Waals surface area (Å²) in [6.07, 6.45) is 0. The van der Waals surface area contributed by atoms with Gasteiger partial charge in [0.05, 0.1) is 7.11 Å². The summed E-state index contributed by atoms with van der Waals surface area (Å²) in [5.74, 6) is 0.989. The van der Waals surface area contributed by atoms with Crippen molar-refractivity contribution in [1.29, 1.82) is 5.26 Å². The lowest BCUT2D eigenvalue weighted by atomic mass is 10.3. The molecule has 0 aliphatic heterocycles. The van der Waals surface area contributed by atoms with Gasteiger partial charge in [-0.3, -0.25) is 0 Å². The van der Waals surface area contributed by atoms with E-state index in [9.17, 15) is 0 Å². The van der Waals surface area contributed by atoms with E-state index >= 15 is 0 Å². The Hall–Kier alpha value is -3.21. The zero-order valence-corrected chi connectivity index (χ0v) is 10.4. The molecule has 3 aromatic heterocycles. The van der Waals surface area contributed by atoms with Crippen LogP contribution in [-0.4, -0.2) is 32.4 Å². The standard InChI is InChI=1S/C12H8N6O2/c1-19-10-5-4-8(16-17-10)11-15-12(20-18-11)9-3-2-7(6-13)14-9/h2-5,14H,1H3. The minimum absolute atomic E-state index is 0.277. The minimum Gasteiger partial charge on any atom is -0.480 e. The summed E-state index contributed by atoms with van der Waals surface area (Å²) >= 11 is 0. The van der Waals surface area contributed by atoms with Gasteiger partial charge in [-0.05, 0) is 18.2 Å². The normalized spacial score (nSPS) is 10.2. The zero-order chi connectivity index (χ0) is 13.9. The van der Waals surface area contributed by atoms with Crippen LogP contribution in [-0.2, 0) is 0 Å². The summed E-state index contributed by atoms with van der Waals surface area (Å²) in [6.45, 7) is 0. The molecule has 0 spiro atoms. The van der Waals surface area contributed by atoms with Crippen molar-refractivity contribution in [2.75, 3.05) is 7.11 Å². The summed E-state index contributed by atoms with van der Waals surface area (Å²) in [7, 11) is 1.51. The van der Waals surface area contributed by atoms with E-state index in [-0.39, 0.29) is 5.89 Å². The van der Waals surface area contributed by atoms with E-state index in [0.717, 1.165) is 0 Å². The number of nitriles is 1. The summed E-state index contributed by atoms with van der Waals surface area (Å²) in [6, 6.07) is 8.64. The predicted octanol–water partition coefficient (Wildman–Crippen LogP) is 1.40. The first-order valence-corrected chi connectivity index (χ1v) is 5.61. The van der Waals surface area contributed by atoms with Gasteiger partial charge in [-0.25, -0.2) is 0 Å². The quantitative estimate of drug-likeness (QED) is 0.763. The molecule has 3 heterocycles. The molecule has 0 atom stereocenters. The maximum Gasteiger partial charge on any atom is 0.274 e. The van der Waals surface area contributed by atoms with Crippen molar-refractivity contribution in [3.8, 4) is 35.1 Å². The van der Waals surface area contributed by atoms with Gasteiger partial charge >= 0.3 is 0 Å². The molecule has 0 radical (unpaired) electrons.